The van der Waals surface area contributed by atoms with E-state index in [1.54, 1.807) is 6.07 Å². The molecule has 92 valence electrons. The number of esters is 2. The van der Waals surface area contributed by atoms with Crippen LogP contribution >= 0.6 is 31.9 Å². The molecule has 0 heterocycles. The van der Waals surface area contributed by atoms with Crippen molar-refractivity contribution < 1.29 is 19.1 Å². The lowest BCUT2D eigenvalue weighted by Crippen LogP contribution is -2.09. The summed E-state index contributed by atoms with van der Waals surface area (Å²) < 4.78 is 9.93. The van der Waals surface area contributed by atoms with Crippen molar-refractivity contribution in [2.45, 2.75) is 5.33 Å². The maximum atomic E-state index is 11.6. The Labute approximate surface area is 116 Å². The zero-order valence-corrected chi connectivity index (χ0v) is 12.4. The highest BCUT2D eigenvalue weighted by Gasteiger charge is 2.18. The van der Waals surface area contributed by atoms with Crippen LogP contribution < -0.4 is 0 Å². The van der Waals surface area contributed by atoms with Crippen LogP contribution in [0.3, 0.4) is 0 Å². The summed E-state index contributed by atoms with van der Waals surface area (Å²) in [6, 6.07) is 3.06. The van der Waals surface area contributed by atoms with Crippen molar-refractivity contribution in [3.05, 3.63) is 33.3 Å². The molecule has 0 unspecified atom stereocenters. The minimum absolute atomic E-state index is 0.296. The van der Waals surface area contributed by atoms with Gasteiger partial charge in [0.1, 0.15) is 0 Å². The first-order valence-electron chi connectivity index (χ1n) is 4.60. The Bertz CT molecular complexity index is 457. The first kappa shape index (κ1) is 14.2. The number of hydrogen-bond donors (Lipinski definition) is 0. The summed E-state index contributed by atoms with van der Waals surface area (Å²) in [7, 11) is 2.57. The molecule has 1 aromatic carbocycles. The maximum absolute atomic E-state index is 11.6. The van der Waals surface area contributed by atoms with Gasteiger partial charge in [-0.1, -0.05) is 31.9 Å². The van der Waals surface area contributed by atoms with Crippen LogP contribution in [0.25, 0.3) is 0 Å². The molecule has 0 spiro atoms. The molecule has 0 fully saturated rings. The zero-order valence-electron chi connectivity index (χ0n) is 9.25. The average molecular weight is 366 g/mol. The Kier molecular flexibility index (Phi) is 5.14. The second-order valence-electron chi connectivity index (χ2n) is 3.10. The van der Waals surface area contributed by atoms with Crippen LogP contribution in [0, 0.1) is 0 Å². The van der Waals surface area contributed by atoms with Crippen LogP contribution in [0.2, 0.25) is 0 Å². The molecule has 0 bridgehead atoms. The fourth-order valence-electron chi connectivity index (χ4n) is 1.30. The lowest BCUT2D eigenvalue weighted by Gasteiger charge is -2.10. The van der Waals surface area contributed by atoms with Gasteiger partial charge >= 0.3 is 11.9 Å². The van der Waals surface area contributed by atoms with E-state index in [1.165, 1.54) is 20.3 Å². The minimum Gasteiger partial charge on any atom is -0.465 e. The highest BCUT2D eigenvalue weighted by atomic mass is 79.9. The maximum Gasteiger partial charge on any atom is 0.338 e. The molecule has 0 aliphatic heterocycles. The lowest BCUT2D eigenvalue weighted by atomic mass is 10.1. The van der Waals surface area contributed by atoms with Crippen molar-refractivity contribution in [2.24, 2.45) is 0 Å². The van der Waals surface area contributed by atoms with Crippen molar-refractivity contribution in [1.29, 1.82) is 0 Å². The predicted molar refractivity (Wildman–Crippen MR) is 69.5 cm³/mol. The fraction of sp³-hybridized carbons (Fsp3) is 0.273. The van der Waals surface area contributed by atoms with Gasteiger partial charge in [0.15, 0.2) is 0 Å². The highest BCUT2D eigenvalue weighted by molar-refractivity contribution is 9.10. The number of methoxy groups -OCH3 is 2. The number of carbonyl (C=O) groups excluding carboxylic acids is 2. The van der Waals surface area contributed by atoms with Crippen molar-refractivity contribution in [3.63, 3.8) is 0 Å². The zero-order chi connectivity index (χ0) is 13.0. The van der Waals surface area contributed by atoms with E-state index in [0.717, 1.165) is 5.56 Å². The number of benzene rings is 1. The summed E-state index contributed by atoms with van der Waals surface area (Å²) in [5, 5.41) is 0.472. The third-order valence-corrected chi connectivity index (χ3v) is 3.42. The van der Waals surface area contributed by atoms with Crippen LogP contribution in [0.5, 0.6) is 0 Å². The van der Waals surface area contributed by atoms with Gasteiger partial charge in [0.25, 0.3) is 0 Å². The average Bonchev–Trinajstić information content (AvgIpc) is 2.35. The molecule has 1 rings (SSSR count). The molecule has 0 saturated heterocycles. The number of carbonyl (C=O) groups is 2. The molecule has 0 aliphatic rings. The Balaban J connectivity index is 3.38. The van der Waals surface area contributed by atoms with E-state index in [1.807, 2.05) is 0 Å². The normalized spacial score (nSPS) is 9.88. The first-order chi connectivity index (χ1) is 8.04. The van der Waals surface area contributed by atoms with Gasteiger partial charge in [-0.05, 0) is 17.7 Å². The molecule has 0 atom stereocenters. The molecule has 0 N–H and O–H groups in total. The summed E-state index contributed by atoms with van der Waals surface area (Å²) in [6.07, 6.45) is 0. The molecule has 0 aromatic heterocycles. The van der Waals surface area contributed by atoms with Crippen molar-refractivity contribution in [3.8, 4) is 0 Å². The highest BCUT2D eigenvalue weighted by Crippen LogP contribution is 2.26. The third kappa shape index (κ3) is 3.07. The van der Waals surface area contributed by atoms with Crippen LogP contribution in [0.1, 0.15) is 26.3 Å². The molecule has 0 saturated carbocycles. The third-order valence-electron chi connectivity index (χ3n) is 2.16. The number of alkyl halides is 1. The standard InChI is InChI=1S/C11H10Br2O4/c1-16-10(14)6-3-7(11(15)17-2)8(5-12)9(13)4-6/h3-4H,5H2,1-2H3. The largest absolute Gasteiger partial charge is 0.465 e. The number of hydrogen-bond acceptors (Lipinski definition) is 4. The van der Waals surface area contributed by atoms with Crippen molar-refractivity contribution in [2.75, 3.05) is 14.2 Å². The van der Waals surface area contributed by atoms with Crippen molar-refractivity contribution >= 4 is 43.8 Å². The quantitative estimate of drug-likeness (QED) is 0.610. The molecule has 0 amide bonds. The van der Waals surface area contributed by atoms with Crippen LogP contribution in [-0.4, -0.2) is 26.2 Å². The molecule has 6 heteroatoms. The van der Waals surface area contributed by atoms with Gasteiger partial charge in [-0.3, -0.25) is 0 Å². The second-order valence-corrected chi connectivity index (χ2v) is 4.52. The summed E-state index contributed by atoms with van der Waals surface area (Å²) in [6.45, 7) is 0. The topological polar surface area (TPSA) is 52.6 Å². The first-order valence-corrected chi connectivity index (χ1v) is 6.51. The fourth-order valence-corrected chi connectivity index (χ4v) is 2.88. The van der Waals surface area contributed by atoms with E-state index in [9.17, 15) is 9.59 Å². The predicted octanol–water partition coefficient (Wildman–Crippen LogP) is 2.92. The Hall–Kier alpha value is -0.880. The van der Waals surface area contributed by atoms with E-state index < -0.39 is 11.9 Å². The van der Waals surface area contributed by atoms with Gasteiger partial charge in [-0.15, -0.1) is 0 Å². The smallest absolute Gasteiger partial charge is 0.338 e. The minimum atomic E-state index is -0.503. The SMILES string of the molecule is COC(=O)c1cc(Br)c(CBr)c(C(=O)OC)c1. The van der Waals surface area contributed by atoms with Gasteiger partial charge in [0.05, 0.1) is 25.3 Å². The van der Waals surface area contributed by atoms with E-state index in [4.69, 9.17) is 0 Å². The van der Waals surface area contributed by atoms with Gasteiger partial charge in [-0.2, -0.15) is 0 Å². The molecule has 0 radical (unpaired) electrons. The van der Waals surface area contributed by atoms with E-state index in [-0.39, 0.29) is 0 Å². The molecule has 1 aromatic rings. The number of ether oxygens (including phenoxy) is 2. The van der Waals surface area contributed by atoms with Crippen LogP contribution in [0.15, 0.2) is 16.6 Å². The molecule has 4 nitrogen and oxygen atoms in total. The van der Waals surface area contributed by atoms with Gasteiger partial charge in [-0.25, -0.2) is 9.59 Å². The van der Waals surface area contributed by atoms with Crippen molar-refractivity contribution in [1.82, 2.24) is 0 Å². The van der Waals surface area contributed by atoms with E-state index in [2.05, 4.69) is 41.3 Å². The molecule has 17 heavy (non-hydrogen) atoms. The summed E-state index contributed by atoms with van der Waals surface area (Å²) in [5.41, 5.74) is 1.35. The number of halogens is 2. The van der Waals surface area contributed by atoms with E-state index >= 15 is 0 Å². The van der Waals surface area contributed by atoms with E-state index in [0.29, 0.717) is 20.9 Å². The molecular formula is C11H10Br2O4. The number of rotatable bonds is 3. The monoisotopic (exact) mass is 364 g/mol. The Morgan fingerprint density at radius 3 is 2.24 bits per heavy atom. The molecular weight excluding hydrogens is 356 g/mol. The van der Waals surface area contributed by atoms with Crippen LogP contribution in [-0.2, 0) is 14.8 Å². The summed E-state index contributed by atoms with van der Waals surface area (Å²) in [4.78, 5) is 23.0. The molecule has 0 aliphatic carbocycles. The summed E-state index contributed by atoms with van der Waals surface area (Å²) in [5.74, 6) is -0.997. The Morgan fingerprint density at radius 1 is 1.18 bits per heavy atom. The van der Waals surface area contributed by atoms with Gasteiger partial charge < -0.3 is 9.47 Å². The summed E-state index contributed by atoms with van der Waals surface area (Å²) >= 11 is 6.59. The Morgan fingerprint density at radius 2 is 1.76 bits per heavy atom. The van der Waals surface area contributed by atoms with Gasteiger partial charge in [0.2, 0.25) is 0 Å². The second kappa shape index (κ2) is 6.16. The van der Waals surface area contributed by atoms with Gasteiger partial charge in [0, 0.05) is 9.80 Å². The lowest BCUT2D eigenvalue weighted by molar-refractivity contribution is 0.0598. The van der Waals surface area contributed by atoms with Crippen LogP contribution in [0.4, 0.5) is 0 Å².